The normalized spacial score (nSPS) is 12.0. The minimum absolute atomic E-state index is 0.0172. The molecular formula is C24H18N4O3. The highest BCUT2D eigenvalue weighted by atomic mass is 16.5. The Balaban J connectivity index is 1.20. The number of hydrogen-bond donors (Lipinski definition) is 2. The number of benzene rings is 2. The molecule has 2 aromatic carbocycles. The number of alkyl carbamates (subject to hydrolysis) is 1. The molecule has 0 aliphatic heterocycles. The quantitative estimate of drug-likeness (QED) is 0.509. The third-order valence-corrected chi connectivity index (χ3v) is 5.31. The maximum atomic E-state index is 12.2. The van der Waals surface area contributed by atoms with Gasteiger partial charge in [-0.1, -0.05) is 60.4 Å². The summed E-state index contributed by atoms with van der Waals surface area (Å²) in [6.45, 7) is 0.388. The van der Waals surface area contributed by atoms with Crippen LogP contribution in [0.25, 0.3) is 16.6 Å². The maximum absolute atomic E-state index is 12.2. The largest absolute Gasteiger partial charge is 0.449 e. The Morgan fingerprint density at radius 1 is 1.13 bits per heavy atom. The first-order valence-electron chi connectivity index (χ1n) is 9.84. The van der Waals surface area contributed by atoms with Gasteiger partial charge in [0.15, 0.2) is 0 Å². The first kappa shape index (κ1) is 18.7. The Morgan fingerprint density at radius 2 is 1.84 bits per heavy atom. The van der Waals surface area contributed by atoms with E-state index in [9.17, 15) is 9.59 Å². The summed E-state index contributed by atoms with van der Waals surface area (Å²) in [4.78, 5) is 26.4. The van der Waals surface area contributed by atoms with E-state index in [1.54, 1.807) is 12.3 Å². The number of hydrogen-bond acceptors (Lipinski definition) is 4. The van der Waals surface area contributed by atoms with Gasteiger partial charge in [0.1, 0.15) is 18.5 Å². The molecule has 4 aromatic rings. The van der Waals surface area contributed by atoms with E-state index in [0.717, 1.165) is 0 Å². The van der Waals surface area contributed by atoms with Crippen LogP contribution in [0.5, 0.6) is 0 Å². The lowest BCUT2D eigenvalue weighted by Gasteiger charge is -2.14. The van der Waals surface area contributed by atoms with Crippen molar-refractivity contribution in [3.8, 4) is 23.0 Å². The van der Waals surface area contributed by atoms with Gasteiger partial charge >= 0.3 is 6.09 Å². The molecule has 152 valence electrons. The Morgan fingerprint density at radius 3 is 2.55 bits per heavy atom. The van der Waals surface area contributed by atoms with Crippen molar-refractivity contribution in [2.45, 2.75) is 5.92 Å². The van der Waals surface area contributed by atoms with Crippen molar-refractivity contribution in [2.75, 3.05) is 13.2 Å². The maximum Gasteiger partial charge on any atom is 0.407 e. The molecule has 0 bridgehead atoms. The summed E-state index contributed by atoms with van der Waals surface area (Å²) in [6, 6.07) is 18.0. The third-order valence-electron chi connectivity index (χ3n) is 5.31. The lowest BCUT2D eigenvalue weighted by atomic mass is 9.98. The molecule has 2 aromatic heterocycles. The summed E-state index contributed by atoms with van der Waals surface area (Å²) in [5.74, 6) is 5.78. The fourth-order valence-corrected chi connectivity index (χ4v) is 3.92. The van der Waals surface area contributed by atoms with E-state index in [1.165, 1.54) is 33.1 Å². The van der Waals surface area contributed by atoms with Crippen LogP contribution in [0, 0.1) is 11.8 Å². The standard InChI is InChI=1S/C24H18N4O3/c29-23-22-12-16(13-28(22)27-15-26-23)6-5-11-25-24(30)31-14-21-19-9-3-1-7-17(19)18-8-2-4-10-20(18)21/h1-4,7-10,12-13,15,21H,11,14H2,(H,25,30)(H,26,27,29). The molecule has 0 spiro atoms. The molecule has 5 rings (SSSR count). The number of H-pyrrole nitrogens is 1. The molecule has 0 fully saturated rings. The topological polar surface area (TPSA) is 88.5 Å². The fraction of sp³-hybridized carbons (Fsp3) is 0.125. The molecule has 1 aliphatic carbocycles. The summed E-state index contributed by atoms with van der Waals surface area (Å²) in [5, 5.41) is 6.66. The van der Waals surface area contributed by atoms with Crippen LogP contribution in [0.1, 0.15) is 22.6 Å². The molecule has 2 heterocycles. The number of carbonyl (C=O) groups excluding carboxylic acids is 1. The van der Waals surface area contributed by atoms with Gasteiger partial charge in [-0.2, -0.15) is 5.10 Å². The summed E-state index contributed by atoms with van der Waals surface area (Å²) in [5.41, 5.74) is 5.52. The molecule has 0 saturated heterocycles. The predicted octanol–water partition coefficient (Wildman–Crippen LogP) is 2.91. The van der Waals surface area contributed by atoms with Gasteiger partial charge in [-0.25, -0.2) is 9.31 Å². The van der Waals surface area contributed by atoms with E-state index in [1.807, 2.05) is 24.3 Å². The lowest BCUT2D eigenvalue weighted by Crippen LogP contribution is -2.26. The number of nitrogens with zero attached hydrogens (tertiary/aromatic N) is 2. The molecule has 7 heteroatoms. The zero-order valence-corrected chi connectivity index (χ0v) is 16.5. The highest BCUT2D eigenvalue weighted by Gasteiger charge is 2.28. The fourth-order valence-electron chi connectivity index (χ4n) is 3.92. The first-order chi connectivity index (χ1) is 15.2. The van der Waals surface area contributed by atoms with Crippen molar-refractivity contribution >= 4 is 11.6 Å². The van der Waals surface area contributed by atoms with Crippen LogP contribution in [-0.2, 0) is 4.74 Å². The average Bonchev–Trinajstić information content (AvgIpc) is 3.35. The highest BCUT2D eigenvalue weighted by molar-refractivity contribution is 5.79. The van der Waals surface area contributed by atoms with E-state index >= 15 is 0 Å². The van der Waals surface area contributed by atoms with Gasteiger partial charge in [-0.3, -0.25) is 4.79 Å². The molecule has 0 atom stereocenters. The minimum Gasteiger partial charge on any atom is -0.449 e. The average molecular weight is 410 g/mol. The number of nitrogens with one attached hydrogen (secondary N) is 2. The number of fused-ring (bicyclic) bond motifs is 4. The predicted molar refractivity (Wildman–Crippen MR) is 116 cm³/mol. The molecule has 1 aliphatic rings. The van der Waals surface area contributed by atoms with Gasteiger partial charge in [-0.05, 0) is 28.3 Å². The molecule has 7 nitrogen and oxygen atoms in total. The zero-order chi connectivity index (χ0) is 21.2. The van der Waals surface area contributed by atoms with E-state index in [-0.39, 0.29) is 24.6 Å². The zero-order valence-electron chi connectivity index (χ0n) is 16.5. The van der Waals surface area contributed by atoms with Gasteiger partial charge in [0, 0.05) is 17.7 Å². The van der Waals surface area contributed by atoms with Crippen molar-refractivity contribution in [2.24, 2.45) is 0 Å². The second kappa shape index (κ2) is 7.84. The van der Waals surface area contributed by atoms with Gasteiger partial charge in [-0.15, -0.1) is 0 Å². The van der Waals surface area contributed by atoms with E-state index in [2.05, 4.69) is 51.5 Å². The van der Waals surface area contributed by atoms with Crippen LogP contribution in [0.2, 0.25) is 0 Å². The van der Waals surface area contributed by atoms with Gasteiger partial charge in [0.05, 0.1) is 6.54 Å². The van der Waals surface area contributed by atoms with Gasteiger partial charge < -0.3 is 15.0 Å². The lowest BCUT2D eigenvalue weighted by molar-refractivity contribution is 0.144. The Labute approximate surface area is 177 Å². The summed E-state index contributed by atoms with van der Waals surface area (Å²) in [6.07, 6.45) is 2.46. The van der Waals surface area contributed by atoms with Crippen LogP contribution in [-0.4, -0.2) is 33.8 Å². The SMILES string of the molecule is O=C(NCC#Cc1cc2c(=O)[nH]cnn2c1)OCC1c2ccccc2-c2ccccc21. The summed E-state index contributed by atoms with van der Waals surface area (Å²) >= 11 is 0. The van der Waals surface area contributed by atoms with Gasteiger partial charge in [0.25, 0.3) is 5.56 Å². The van der Waals surface area contributed by atoms with Crippen molar-refractivity contribution in [3.63, 3.8) is 0 Å². The van der Waals surface area contributed by atoms with E-state index < -0.39 is 6.09 Å². The first-order valence-corrected chi connectivity index (χ1v) is 9.84. The van der Waals surface area contributed by atoms with Crippen molar-refractivity contribution in [1.29, 1.82) is 0 Å². The highest BCUT2D eigenvalue weighted by Crippen LogP contribution is 2.44. The van der Waals surface area contributed by atoms with Crippen LogP contribution >= 0.6 is 0 Å². The van der Waals surface area contributed by atoms with E-state index in [0.29, 0.717) is 11.1 Å². The molecule has 1 amide bonds. The Bertz CT molecular complexity index is 1360. The van der Waals surface area contributed by atoms with Crippen molar-refractivity contribution in [3.05, 3.63) is 94.2 Å². The second-order valence-electron chi connectivity index (χ2n) is 7.16. The van der Waals surface area contributed by atoms with Crippen LogP contribution in [0.4, 0.5) is 4.79 Å². The second-order valence-corrected chi connectivity index (χ2v) is 7.16. The van der Waals surface area contributed by atoms with Crippen LogP contribution in [0.15, 0.2) is 71.9 Å². The smallest absolute Gasteiger partial charge is 0.407 e. The number of ether oxygens (including phenoxy) is 1. The van der Waals surface area contributed by atoms with Crippen LogP contribution in [0.3, 0.4) is 0 Å². The van der Waals surface area contributed by atoms with Crippen LogP contribution < -0.4 is 10.9 Å². The summed E-state index contributed by atoms with van der Waals surface area (Å²) in [7, 11) is 0. The number of amides is 1. The number of rotatable bonds is 3. The van der Waals surface area contributed by atoms with Crippen molar-refractivity contribution < 1.29 is 9.53 Å². The number of aromatic amines is 1. The van der Waals surface area contributed by atoms with Crippen molar-refractivity contribution in [1.82, 2.24) is 19.9 Å². The summed E-state index contributed by atoms with van der Waals surface area (Å²) < 4.78 is 6.94. The van der Waals surface area contributed by atoms with E-state index in [4.69, 9.17) is 4.74 Å². The molecule has 0 radical (unpaired) electrons. The third kappa shape index (κ3) is 3.55. The Hall–Kier alpha value is -4.31. The molecule has 31 heavy (non-hydrogen) atoms. The number of aromatic nitrogens is 3. The monoisotopic (exact) mass is 410 g/mol. The molecule has 0 unspecified atom stereocenters. The Kier molecular flexibility index (Phi) is 4.73. The minimum atomic E-state index is -0.517. The molecular weight excluding hydrogens is 392 g/mol. The molecule has 2 N–H and O–H groups in total. The molecule has 0 saturated carbocycles. The van der Waals surface area contributed by atoms with Gasteiger partial charge in [0.2, 0.25) is 0 Å². The number of carbonyl (C=O) groups is 1.